The third kappa shape index (κ3) is 3.36. The number of nitrogens with zero attached hydrogens (tertiary/aromatic N) is 2. The maximum Gasteiger partial charge on any atom is 0.165 e. The van der Waals surface area contributed by atoms with E-state index in [1.807, 2.05) is 6.92 Å². The number of aliphatic hydroxyl groups excluding tert-OH is 1. The van der Waals surface area contributed by atoms with Gasteiger partial charge >= 0.3 is 0 Å². The van der Waals surface area contributed by atoms with Crippen LogP contribution in [-0.2, 0) is 20.1 Å². The summed E-state index contributed by atoms with van der Waals surface area (Å²) in [5.74, 6) is -0.392. The monoisotopic (exact) mass is 312 g/mol. The molecule has 0 saturated heterocycles. The van der Waals surface area contributed by atoms with Crippen LogP contribution in [-0.4, -0.2) is 14.9 Å². The minimum Gasteiger partial charge on any atom is -0.484 e. The van der Waals surface area contributed by atoms with Crippen LogP contribution < -0.4 is 4.74 Å². The Morgan fingerprint density at radius 3 is 2.71 bits per heavy atom. The summed E-state index contributed by atoms with van der Waals surface area (Å²) in [5, 5.41) is 14.2. The number of rotatable bonds is 5. The summed E-state index contributed by atoms with van der Waals surface area (Å²) < 4.78 is 21.0. The highest BCUT2D eigenvalue weighted by molar-refractivity contribution is 6.31. The van der Waals surface area contributed by atoms with Gasteiger partial charge < -0.3 is 9.84 Å². The molecular formula is C15H18ClFN2O2. The Kier molecular flexibility index (Phi) is 4.85. The van der Waals surface area contributed by atoms with E-state index in [1.165, 1.54) is 12.1 Å². The number of aliphatic hydroxyl groups is 1. The van der Waals surface area contributed by atoms with Crippen molar-refractivity contribution in [1.29, 1.82) is 0 Å². The lowest BCUT2D eigenvalue weighted by Gasteiger charge is -2.10. The minimum atomic E-state index is -0.716. The van der Waals surface area contributed by atoms with Crippen LogP contribution in [0.4, 0.5) is 4.39 Å². The number of aromatic nitrogens is 2. The van der Waals surface area contributed by atoms with Crippen molar-refractivity contribution in [2.45, 2.75) is 33.0 Å². The summed E-state index contributed by atoms with van der Waals surface area (Å²) in [6.07, 6.45) is 0.0107. The van der Waals surface area contributed by atoms with Crippen LogP contribution in [0, 0.1) is 5.82 Å². The molecule has 0 aliphatic heterocycles. The molecule has 0 spiro atoms. The third-order valence-electron chi connectivity index (χ3n) is 3.31. The highest BCUT2D eigenvalue weighted by Gasteiger charge is 2.15. The lowest BCUT2D eigenvalue weighted by atomic mass is 10.1. The standard InChI is InChI=1S/C15H18ClFN2O2/c1-4-12-15(16)13(19(3)18-12)8-21-14-6-5-10(9(2)20)7-11(14)17/h5-7,9,20H,4,8H2,1-3H3/t9-/m1/s1. The van der Waals surface area contributed by atoms with Crippen LogP contribution in [0.25, 0.3) is 0 Å². The average Bonchev–Trinajstić information content (AvgIpc) is 2.72. The van der Waals surface area contributed by atoms with Crippen molar-refractivity contribution in [3.05, 3.63) is 46.0 Å². The van der Waals surface area contributed by atoms with E-state index in [4.69, 9.17) is 16.3 Å². The summed E-state index contributed by atoms with van der Waals surface area (Å²) in [7, 11) is 1.77. The van der Waals surface area contributed by atoms with Crippen molar-refractivity contribution in [1.82, 2.24) is 9.78 Å². The zero-order chi connectivity index (χ0) is 15.6. The zero-order valence-corrected chi connectivity index (χ0v) is 13.0. The Morgan fingerprint density at radius 2 is 2.19 bits per heavy atom. The maximum absolute atomic E-state index is 13.9. The van der Waals surface area contributed by atoms with Gasteiger partial charge in [0.05, 0.1) is 22.5 Å². The van der Waals surface area contributed by atoms with Crippen LogP contribution >= 0.6 is 11.6 Å². The van der Waals surface area contributed by atoms with E-state index in [-0.39, 0.29) is 12.4 Å². The van der Waals surface area contributed by atoms with E-state index in [0.29, 0.717) is 16.3 Å². The first-order valence-corrected chi connectivity index (χ1v) is 7.12. The number of hydrogen-bond donors (Lipinski definition) is 1. The van der Waals surface area contributed by atoms with E-state index >= 15 is 0 Å². The molecule has 2 rings (SSSR count). The van der Waals surface area contributed by atoms with Crippen molar-refractivity contribution in [3.63, 3.8) is 0 Å². The van der Waals surface area contributed by atoms with Crippen LogP contribution in [0.2, 0.25) is 5.02 Å². The summed E-state index contributed by atoms with van der Waals surface area (Å²) in [4.78, 5) is 0. The molecule has 1 aromatic heterocycles. The molecule has 0 unspecified atom stereocenters. The van der Waals surface area contributed by atoms with Crippen molar-refractivity contribution in [2.24, 2.45) is 7.05 Å². The molecule has 6 heteroatoms. The van der Waals surface area contributed by atoms with Crippen molar-refractivity contribution in [3.8, 4) is 5.75 Å². The largest absolute Gasteiger partial charge is 0.484 e. The second-order valence-corrected chi connectivity index (χ2v) is 5.22. The molecule has 0 fully saturated rings. The lowest BCUT2D eigenvalue weighted by molar-refractivity contribution is 0.198. The molecule has 2 aromatic rings. The Morgan fingerprint density at radius 1 is 1.48 bits per heavy atom. The molecule has 1 aromatic carbocycles. The molecule has 1 N–H and O–H groups in total. The predicted molar refractivity (Wildman–Crippen MR) is 79.0 cm³/mol. The number of ether oxygens (including phenoxy) is 1. The Hall–Kier alpha value is -1.59. The molecule has 21 heavy (non-hydrogen) atoms. The van der Waals surface area contributed by atoms with Crippen LogP contribution in [0.3, 0.4) is 0 Å². The quantitative estimate of drug-likeness (QED) is 0.920. The van der Waals surface area contributed by atoms with Gasteiger partial charge in [-0.2, -0.15) is 5.10 Å². The smallest absolute Gasteiger partial charge is 0.165 e. The Balaban J connectivity index is 2.15. The second-order valence-electron chi connectivity index (χ2n) is 4.84. The average molecular weight is 313 g/mol. The molecule has 0 aliphatic rings. The Bertz CT molecular complexity index is 641. The first-order chi connectivity index (χ1) is 9.93. The fraction of sp³-hybridized carbons (Fsp3) is 0.400. The molecule has 0 amide bonds. The van der Waals surface area contributed by atoms with E-state index in [0.717, 1.165) is 12.1 Å². The topological polar surface area (TPSA) is 47.3 Å². The number of benzene rings is 1. The van der Waals surface area contributed by atoms with Crippen LogP contribution in [0.15, 0.2) is 18.2 Å². The van der Waals surface area contributed by atoms with Gasteiger partial charge in [0.1, 0.15) is 6.61 Å². The highest BCUT2D eigenvalue weighted by atomic mass is 35.5. The van der Waals surface area contributed by atoms with Gasteiger partial charge in [0.25, 0.3) is 0 Å². The fourth-order valence-corrected chi connectivity index (χ4v) is 2.37. The van der Waals surface area contributed by atoms with E-state index in [1.54, 1.807) is 24.7 Å². The van der Waals surface area contributed by atoms with Gasteiger partial charge in [-0.1, -0.05) is 24.6 Å². The molecule has 114 valence electrons. The first-order valence-electron chi connectivity index (χ1n) is 6.74. The van der Waals surface area contributed by atoms with Gasteiger partial charge in [-0.05, 0) is 31.0 Å². The molecular weight excluding hydrogens is 295 g/mol. The highest BCUT2D eigenvalue weighted by Crippen LogP contribution is 2.25. The zero-order valence-electron chi connectivity index (χ0n) is 12.2. The molecule has 1 heterocycles. The summed E-state index contributed by atoms with van der Waals surface area (Å²) in [6, 6.07) is 4.40. The van der Waals surface area contributed by atoms with Crippen molar-refractivity contribution >= 4 is 11.6 Å². The minimum absolute atomic E-state index is 0.120. The molecule has 0 radical (unpaired) electrons. The molecule has 0 saturated carbocycles. The van der Waals surface area contributed by atoms with Crippen LogP contribution in [0.5, 0.6) is 5.75 Å². The van der Waals surface area contributed by atoms with E-state index in [9.17, 15) is 9.50 Å². The van der Waals surface area contributed by atoms with E-state index in [2.05, 4.69) is 5.10 Å². The van der Waals surface area contributed by atoms with Crippen molar-refractivity contribution < 1.29 is 14.2 Å². The lowest BCUT2D eigenvalue weighted by Crippen LogP contribution is -2.05. The number of halogens is 2. The van der Waals surface area contributed by atoms with E-state index < -0.39 is 11.9 Å². The normalized spacial score (nSPS) is 12.5. The van der Waals surface area contributed by atoms with Gasteiger partial charge in [-0.15, -0.1) is 0 Å². The number of aryl methyl sites for hydroxylation is 2. The first kappa shape index (κ1) is 15.8. The SMILES string of the molecule is CCc1nn(C)c(COc2ccc([C@@H](C)O)cc2F)c1Cl. The molecule has 1 atom stereocenters. The van der Waals surface area contributed by atoms with Gasteiger partial charge in [0, 0.05) is 7.05 Å². The van der Waals surface area contributed by atoms with Gasteiger partial charge in [0.2, 0.25) is 0 Å². The Labute approximate surface area is 128 Å². The van der Waals surface area contributed by atoms with Crippen LogP contribution in [0.1, 0.15) is 36.9 Å². The summed E-state index contributed by atoms with van der Waals surface area (Å²) in [6.45, 7) is 3.68. The van der Waals surface area contributed by atoms with Gasteiger partial charge in [0.15, 0.2) is 11.6 Å². The van der Waals surface area contributed by atoms with Gasteiger partial charge in [-0.25, -0.2) is 4.39 Å². The third-order valence-corrected chi connectivity index (χ3v) is 3.74. The molecule has 4 nitrogen and oxygen atoms in total. The van der Waals surface area contributed by atoms with Gasteiger partial charge in [-0.3, -0.25) is 4.68 Å². The van der Waals surface area contributed by atoms with Crippen molar-refractivity contribution in [2.75, 3.05) is 0 Å². The second kappa shape index (κ2) is 6.45. The summed E-state index contributed by atoms with van der Waals surface area (Å²) >= 11 is 6.21. The predicted octanol–water partition coefficient (Wildman–Crippen LogP) is 3.41. The maximum atomic E-state index is 13.9. The molecule has 0 bridgehead atoms. The number of hydrogen-bond acceptors (Lipinski definition) is 3. The molecule has 0 aliphatic carbocycles. The fourth-order valence-electron chi connectivity index (χ4n) is 2.02. The summed E-state index contributed by atoms with van der Waals surface area (Å²) in [5.41, 5.74) is 2.00.